The standard InChI is InChI=1S/C6H7N5O2/c7-8-5-3(9-12)1-2-4-6(5)11-13-10-4/h12H,1-2,7H2/b8-5+,9-3-. The van der Waals surface area contributed by atoms with Crippen molar-refractivity contribution >= 4 is 11.4 Å². The predicted octanol–water partition coefficient (Wildman–Crippen LogP) is -0.491. The number of aryl methyl sites for hydroxylation is 1. The molecule has 7 heteroatoms. The zero-order valence-electron chi connectivity index (χ0n) is 6.64. The van der Waals surface area contributed by atoms with E-state index in [-0.39, 0.29) is 0 Å². The molecule has 2 rings (SSSR count). The Morgan fingerprint density at radius 2 is 2.23 bits per heavy atom. The summed E-state index contributed by atoms with van der Waals surface area (Å²) in [5.41, 5.74) is 1.90. The van der Waals surface area contributed by atoms with Gasteiger partial charge in [-0.25, -0.2) is 4.63 Å². The summed E-state index contributed by atoms with van der Waals surface area (Å²) >= 11 is 0. The molecule has 0 spiro atoms. The smallest absolute Gasteiger partial charge is 0.160 e. The Kier molecular flexibility index (Phi) is 1.69. The molecule has 0 radical (unpaired) electrons. The maximum Gasteiger partial charge on any atom is 0.160 e. The molecule has 0 bridgehead atoms. The van der Waals surface area contributed by atoms with Gasteiger partial charge < -0.3 is 11.0 Å². The molecule has 1 aliphatic carbocycles. The molecule has 0 saturated heterocycles. The average Bonchev–Trinajstić information content (AvgIpc) is 2.63. The molecule has 68 valence electrons. The summed E-state index contributed by atoms with van der Waals surface area (Å²) < 4.78 is 4.52. The van der Waals surface area contributed by atoms with E-state index in [9.17, 15) is 0 Å². The Bertz CT molecular complexity index is 380. The first-order chi connectivity index (χ1) is 6.36. The third-order valence-electron chi connectivity index (χ3n) is 1.90. The van der Waals surface area contributed by atoms with Crippen LogP contribution in [0.15, 0.2) is 14.9 Å². The van der Waals surface area contributed by atoms with Crippen LogP contribution in [0.2, 0.25) is 0 Å². The molecule has 0 saturated carbocycles. The van der Waals surface area contributed by atoms with Gasteiger partial charge in [0.05, 0.1) is 0 Å². The molecule has 1 aromatic rings. The lowest BCUT2D eigenvalue weighted by atomic mass is 9.97. The Labute approximate surface area is 72.9 Å². The number of hydrogen-bond acceptors (Lipinski definition) is 7. The topological polar surface area (TPSA) is 110 Å². The van der Waals surface area contributed by atoms with Crippen molar-refractivity contribution in [2.75, 3.05) is 0 Å². The minimum Gasteiger partial charge on any atom is -0.411 e. The number of hydrazone groups is 1. The van der Waals surface area contributed by atoms with E-state index in [1.165, 1.54) is 0 Å². The highest BCUT2D eigenvalue weighted by atomic mass is 16.6. The fourth-order valence-corrected chi connectivity index (χ4v) is 1.28. The maximum atomic E-state index is 8.63. The van der Waals surface area contributed by atoms with E-state index in [1.54, 1.807) is 0 Å². The van der Waals surface area contributed by atoms with Crippen LogP contribution in [0.5, 0.6) is 0 Å². The van der Waals surface area contributed by atoms with Gasteiger partial charge in [-0.15, -0.1) is 0 Å². The van der Waals surface area contributed by atoms with Crippen molar-refractivity contribution in [3.63, 3.8) is 0 Å². The number of aromatic nitrogens is 2. The molecule has 0 atom stereocenters. The lowest BCUT2D eigenvalue weighted by molar-refractivity contribution is 0.303. The predicted molar refractivity (Wildman–Crippen MR) is 42.6 cm³/mol. The minimum absolute atomic E-state index is 0.338. The van der Waals surface area contributed by atoms with Crippen LogP contribution in [-0.4, -0.2) is 26.9 Å². The summed E-state index contributed by atoms with van der Waals surface area (Å²) in [5, 5.41) is 22.5. The third kappa shape index (κ3) is 1.05. The van der Waals surface area contributed by atoms with E-state index in [1.807, 2.05) is 0 Å². The molecule has 0 aliphatic heterocycles. The van der Waals surface area contributed by atoms with Gasteiger partial charge in [-0.3, -0.25) is 0 Å². The molecule has 13 heavy (non-hydrogen) atoms. The third-order valence-corrected chi connectivity index (χ3v) is 1.90. The summed E-state index contributed by atoms with van der Waals surface area (Å²) in [7, 11) is 0. The molecule has 0 aromatic carbocycles. The van der Waals surface area contributed by atoms with Crippen LogP contribution in [-0.2, 0) is 6.42 Å². The van der Waals surface area contributed by atoms with Crippen molar-refractivity contribution in [2.24, 2.45) is 16.1 Å². The Morgan fingerprint density at radius 3 is 2.92 bits per heavy atom. The Balaban J connectivity index is 2.53. The van der Waals surface area contributed by atoms with Crippen LogP contribution in [0.3, 0.4) is 0 Å². The second-order valence-electron chi connectivity index (χ2n) is 2.58. The lowest BCUT2D eigenvalue weighted by Crippen LogP contribution is -2.25. The van der Waals surface area contributed by atoms with Gasteiger partial charge in [-0.2, -0.15) is 5.10 Å². The molecule has 1 heterocycles. The number of rotatable bonds is 0. The molecule has 0 fully saturated rings. The van der Waals surface area contributed by atoms with E-state index < -0.39 is 0 Å². The van der Waals surface area contributed by atoms with Crippen molar-refractivity contribution in [3.05, 3.63) is 11.4 Å². The quantitative estimate of drug-likeness (QED) is 0.318. The number of hydrogen-bond donors (Lipinski definition) is 2. The fraction of sp³-hybridized carbons (Fsp3) is 0.333. The van der Waals surface area contributed by atoms with Crippen LogP contribution < -0.4 is 5.84 Å². The summed E-state index contributed by atoms with van der Waals surface area (Å²) in [6, 6.07) is 0. The summed E-state index contributed by atoms with van der Waals surface area (Å²) in [6.07, 6.45) is 1.16. The molecule has 1 aromatic heterocycles. The zero-order valence-corrected chi connectivity index (χ0v) is 6.64. The number of oxime groups is 1. The number of nitrogens with two attached hydrogens (primary N) is 1. The highest BCUT2D eigenvalue weighted by molar-refractivity contribution is 6.48. The van der Waals surface area contributed by atoms with Crippen LogP contribution >= 0.6 is 0 Å². The van der Waals surface area contributed by atoms with Gasteiger partial charge in [0.25, 0.3) is 0 Å². The Morgan fingerprint density at radius 1 is 1.38 bits per heavy atom. The molecule has 1 aliphatic rings. The first-order valence-corrected chi connectivity index (χ1v) is 3.67. The SMILES string of the molecule is N/N=C1\C(=N/O)CCc2nonc21. The fourth-order valence-electron chi connectivity index (χ4n) is 1.28. The molecule has 0 amide bonds. The Hall–Kier alpha value is -1.92. The van der Waals surface area contributed by atoms with E-state index in [0.717, 1.165) is 0 Å². The summed E-state index contributed by atoms with van der Waals surface area (Å²) in [5.74, 6) is 5.13. The van der Waals surface area contributed by atoms with Crippen molar-refractivity contribution in [1.82, 2.24) is 10.3 Å². The van der Waals surface area contributed by atoms with Crippen molar-refractivity contribution in [2.45, 2.75) is 12.8 Å². The van der Waals surface area contributed by atoms with E-state index in [4.69, 9.17) is 11.0 Å². The van der Waals surface area contributed by atoms with E-state index in [0.29, 0.717) is 35.7 Å². The second kappa shape index (κ2) is 2.85. The van der Waals surface area contributed by atoms with Crippen molar-refractivity contribution in [3.8, 4) is 0 Å². The zero-order chi connectivity index (χ0) is 9.26. The molecular formula is C6H7N5O2. The summed E-state index contributed by atoms with van der Waals surface area (Å²) in [4.78, 5) is 0. The normalized spacial score (nSPS) is 22.2. The first-order valence-electron chi connectivity index (χ1n) is 3.67. The van der Waals surface area contributed by atoms with Gasteiger partial charge in [0.1, 0.15) is 17.1 Å². The minimum atomic E-state index is 0.338. The monoisotopic (exact) mass is 181 g/mol. The molecule has 7 nitrogen and oxygen atoms in total. The van der Waals surface area contributed by atoms with Gasteiger partial charge in [-0.1, -0.05) is 10.3 Å². The van der Waals surface area contributed by atoms with E-state index >= 15 is 0 Å². The first kappa shape index (κ1) is 7.71. The van der Waals surface area contributed by atoms with Gasteiger partial charge >= 0.3 is 0 Å². The lowest BCUT2D eigenvalue weighted by Gasteiger charge is -2.09. The van der Waals surface area contributed by atoms with Crippen molar-refractivity contribution in [1.29, 1.82) is 0 Å². The van der Waals surface area contributed by atoms with Crippen LogP contribution in [0.25, 0.3) is 0 Å². The van der Waals surface area contributed by atoms with Gasteiger partial charge in [0.15, 0.2) is 5.69 Å². The van der Waals surface area contributed by atoms with Crippen molar-refractivity contribution < 1.29 is 9.84 Å². The van der Waals surface area contributed by atoms with Gasteiger partial charge in [0, 0.05) is 12.8 Å². The number of nitrogens with zero attached hydrogens (tertiary/aromatic N) is 4. The van der Waals surface area contributed by atoms with Gasteiger partial charge in [-0.05, 0) is 5.16 Å². The van der Waals surface area contributed by atoms with Crippen LogP contribution in [0.1, 0.15) is 17.8 Å². The highest BCUT2D eigenvalue weighted by Crippen LogP contribution is 2.15. The molecular weight excluding hydrogens is 174 g/mol. The maximum absolute atomic E-state index is 8.63. The molecule has 3 N–H and O–H groups in total. The second-order valence-corrected chi connectivity index (χ2v) is 2.58. The largest absolute Gasteiger partial charge is 0.411 e. The number of fused-ring (bicyclic) bond motifs is 1. The average molecular weight is 181 g/mol. The van der Waals surface area contributed by atoms with Crippen LogP contribution in [0, 0.1) is 0 Å². The summed E-state index contributed by atoms with van der Waals surface area (Å²) in [6.45, 7) is 0. The molecule has 0 unspecified atom stereocenters. The highest BCUT2D eigenvalue weighted by Gasteiger charge is 2.26. The van der Waals surface area contributed by atoms with Gasteiger partial charge in [0.2, 0.25) is 0 Å². The van der Waals surface area contributed by atoms with E-state index in [2.05, 4.69) is 25.2 Å². The van der Waals surface area contributed by atoms with Crippen LogP contribution in [0.4, 0.5) is 0 Å².